The zero-order valence-electron chi connectivity index (χ0n) is 12.6. The standard InChI is InChI=1S/C16H29N3/c1-3-10-17-16(11-14-12-18-19(2)13-14)15-8-6-4-5-7-9-15/h12-13,15-17H,3-11H2,1-2H3. The molecular formula is C16H29N3. The Balaban J connectivity index is 1.97. The fourth-order valence-corrected chi connectivity index (χ4v) is 3.28. The van der Waals surface area contributed by atoms with Crippen molar-refractivity contribution in [3.8, 4) is 0 Å². The molecule has 108 valence electrons. The maximum atomic E-state index is 4.30. The predicted molar refractivity (Wildman–Crippen MR) is 80.2 cm³/mol. The lowest BCUT2D eigenvalue weighted by Crippen LogP contribution is -2.38. The highest BCUT2D eigenvalue weighted by Crippen LogP contribution is 2.27. The van der Waals surface area contributed by atoms with Crippen LogP contribution >= 0.6 is 0 Å². The molecule has 1 atom stereocenters. The molecule has 19 heavy (non-hydrogen) atoms. The van der Waals surface area contributed by atoms with Gasteiger partial charge < -0.3 is 5.32 Å². The molecule has 1 N–H and O–H groups in total. The van der Waals surface area contributed by atoms with Gasteiger partial charge in [-0.05, 0) is 43.7 Å². The van der Waals surface area contributed by atoms with E-state index in [-0.39, 0.29) is 0 Å². The molecule has 0 amide bonds. The first kappa shape index (κ1) is 14.6. The monoisotopic (exact) mass is 263 g/mol. The third-order valence-corrected chi connectivity index (χ3v) is 4.34. The Morgan fingerprint density at radius 2 is 2.05 bits per heavy atom. The minimum atomic E-state index is 0.641. The third kappa shape index (κ3) is 4.64. The van der Waals surface area contributed by atoms with Gasteiger partial charge in [0, 0.05) is 19.3 Å². The molecule has 1 aliphatic carbocycles. The number of hydrogen-bond donors (Lipinski definition) is 1. The Hall–Kier alpha value is -0.830. The molecule has 0 bridgehead atoms. The van der Waals surface area contributed by atoms with E-state index in [9.17, 15) is 0 Å². The molecule has 1 aliphatic rings. The van der Waals surface area contributed by atoms with Crippen molar-refractivity contribution < 1.29 is 0 Å². The van der Waals surface area contributed by atoms with Crippen molar-refractivity contribution in [1.29, 1.82) is 0 Å². The molecule has 1 fully saturated rings. The van der Waals surface area contributed by atoms with Crippen LogP contribution in [0.25, 0.3) is 0 Å². The van der Waals surface area contributed by atoms with Crippen molar-refractivity contribution in [2.24, 2.45) is 13.0 Å². The van der Waals surface area contributed by atoms with E-state index in [1.165, 1.54) is 50.5 Å². The van der Waals surface area contributed by atoms with E-state index >= 15 is 0 Å². The SMILES string of the molecule is CCCNC(Cc1cnn(C)c1)C1CCCCCC1. The summed E-state index contributed by atoms with van der Waals surface area (Å²) in [4.78, 5) is 0. The van der Waals surface area contributed by atoms with E-state index in [0.717, 1.165) is 18.9 Å². The first-order valence-electron chi connectivity index (χ1n) is 8.00. The van der Waals surface area contributed by atoms with Crippen LogP contribution in [0.4, 0.5) is 0 Å². The lowest BCUT2D eigenvalue weighted by molar-refractivity contribution is 0.317. The highest BCUT2D eigenvalue weighted by molar-refractivity contribution is 5.06. The summed E-state index contributed by atoms with van der Waals surface area (Å²) in [6, 6.07) is 0.641. The van der Waals surface area contributed by atoms with Gasteiger partial charge in [0.25, 0.3) is 0 Å². The number of rotatable bonds is 6. The van der Waals surface area contributed by atoms with Gasteiger partial charge in [0.1, 0.15) is 0 Å². The summed E-state index contributed by atoms with van der Waals surface area (Å²) in [5.74, 6) is 0.856. The highest BCUT2D eigenvalue weighted by atomic mass is 15.2. The fourth-order valence-electron chi connectivity index (χ4n) is 3.28. The molecule has 1 aromatic rings. The van der Waals surface area contributed by atoms with Crippen molar-refractivity contribution in [3.05, 3.63) is 18.0 Å². The molecule has 0 saturated heterocycles. The Bertz CT molecular complexity index is 351. The molecule has 0 radical (unpaired) electrons. The van der Waals surface area contributed by atoms with Crippen LogP contribution in [0.2, 0.25) is 0 Å². The van der Waals surface area contributed by atoms with Gasteiger partial charge >= 0.3 is 0 Å². The van der Waals surface area contributed by atoms with Crippen LogP contribution in [0.3, 0.4) is 0 Å². The largest absolute Gasteiger partial charge is 0.313 e. The Morgan fingerprint density at radius 3 is 2.63 bits per heavy atom. The lowest BCUT2D eigenvalue weighted by atomic mass is 9.88. The average molecular weight is 263 g/mol. The van der Waals surface area contributed by atoms with Gasteiger partial charge in [0.05, 0.1) is 6.20 Å². The smallest absolute Gasteiger partial charge is 0.0522 e. The van der Waals surface area contributed by atoms with Crippen molar-refractivity contribution in [1.82, 2.24) is 15.1 Å². The molecular weight excluding hydrogens is 234 g/mol. The quantitative estimate of drug-likeness (QED) is 0.798. The Labute approximate surface area is 117 Å². The first-order chi connectivity index (χ1) is 9.29. The topological polar surface area (TPSA) is 29.9 Å². The van der Waals surface area contributed by atoms with Crippen LogP contribution in [0.5, 0.6) is 0 Å². The average Bonchev–Trinajstić information content (AvgIpc) is 2.67. The third-order valence-electron chi connectivity index (χ3n) is 4.34. The summed E-state index contributed by atoms with van der Waals surface area (Å²) in [6.45, 7) is 3.39. The normalized spacial score (nSPS) is 19.3. The van der Waals surface area contributed by atoms with Gasteiger partial charge in [-0.25, -0.2) is 0 Å². The van der Waals surface area contributed by atoms with Crippen molar-refractivity contribution in [3.63, 3.8) is 0 Å². The van der Waals surface area contributed by atoms with Crippen LogP contribution in [-0.2, 0) is 13.5 Å². The van der Waals surface area contributed by atoms with Gasteiger partial charge in [-0.1, -0.05) is 32.6 Å². The number of hydrogen-bond acceptors (Lipinski definition) is 2. The maximum absolute atomic E-state index is 4.30. The van der Waals surface area contributed by atoms with Crippen LogP contribution in [0, 0.1) is 5.92 Å². The van der Waals surface area contributed by atoms with E-state index in [0.29, 0.717) is 6.04 Å². The Kier molecular flexibility index (Phi) is 5.90. The molecule has 1 aromatic heterocycles. The summed E-state index contributed by atoms with van der Waals surface area (Å²) >= 11 is 0. The zero-order valence-corrected chi connectivity index (χ0v) is 12.6. The van der Waals surface area contributed by atoms with E-state index < -0.39 is 0 Å². The number of nitrogens with zero attached hydrogens (tertiary/aromatic N) is 2. The molecule has 1 unspecified atom stereocenters. The zero-order chi connectivity index (χ0) is 13.5. The second kappa shape index (κ2) is 7.68. The number of nitrogens with one attached hydrogen (secondary N) is 1. The van der Waals surface area contributed by atoms with Crippen LogP contribution < -0.4 is 5.32 Å². The molecule has 2 rings (SSSR count). The second-order valence-electron chi connectivity index (χ2n) is 6.04. The van der Waals surface area contributed by atoms with E-state index in [1.54, 1.807) is 0 Å². The van der Waals surface area contributed by atoms with Gasteiger partial charge in [0.15, 0.2) is 0 Å². The molecule has 3 nitrogen and oxygen atoms in total. The van der Waals surface area contributed by atoms with Crippen molar-refractivity contribution >= 4 is 0 Å². The van der Waals surface area contributed by atoms with E-state index in [2.05, 4.69) is 23.5 Å². The molecule has 0 aliphatic heterocycles. The summed E-state index contributed by atoms with van der Waals surface area (Å²) < 4.78 is 1.92. The van der Waals surface area contributed by atoms with Gasteiger partial charge in [-0.2, -0.15) is 5.10 Å². The van der Waals surface area contributed by atoms with Crippen LogP contribution in [0.1, 0.15) is 57.4 Å². The first-order valence-corrected chi connectivity index (χ1v) is 8.00. The van der Waals surface area contributed by atoms with Gasteiger partial charge in [-0.3, -0.25) is 4.68 Å². The van der Waals surface area contributed by atoms with Crippen molar-refractivity contribution in [2.45, 2.75) is 64.3 Å². The summed E-state index contributed by atoms with van der Waals surface area (Å²) in [5.41, 5.74) is 1.38. The summed E-state index contributed by atoms with van der Waals surface area (Å²) in [6.07, 6.45) is 15.1. The van der Waals surface area contributed by atoms with E-state index in [1.807, 2.05) is 17.9 Å². The maximum Gasteiger partial charge on any atom is 0.0522 e. The second-order valence-corrected chi connectivity index (χ2v) is 6.04. The number of aryl methyl sites for hydroxylation is 1. The minimum absolute atomic E-state index is 0.641. The molecule has 0 aromatic carbocycles. The summed E-state index contributed by atoms with van der Waals surface area (Å²) in [5, 5.41) is 8.09. The van der Waals surface area contributed by atoms with Crippen LogP contribution in [-0.4, -0.2) is 22.4 Å². The molecule has 0 spiro atoms. The molecule has 1 saturated carbocycles. The summed E-state index contributed by atoms with van der Waals surface area (Å²) in [7, 11) is 2.00. The van der Waals surface area contributed by atoms with Crippen LogP contribution in [0.15, 0.2) is 12.4 Å². The van der Waals surface area contributed by atoms with E-state index in [4.69, 9.17) is 0 Å². The molecule has 3 heteroatoms. The Morgan fingerprint density at radius 1 is 1.32 bits per heavy atom. The van der Waals surface area contributed by atoms with Gasteiger partial charge in [0.2, 0.25) is 0 Å². The molecule has 1 heterocycles. The fraction of sp³-hybridized carbons (Fsp3) is 0.812. The predicted octanol–water partition coefficient (Wildman–Crippen LogP) is 3.30. The highest BCUT2D eigenvalue weighted by Gasteiger charge is 2.22. The van der Waals surface area contributed by atoms with Crippen molar-refractivity contribution in [2.75, 3.05) is 6.54 Å². The lowest BCUT2D eigenvalue weighted by Gasteiger charge is -2.27. The number of aromatic nitrogens is 2. The minimum Gasteiger partial charge on any atom is -0.313 e. The van der Waals surface area contributed by atoms with Gasteiger partial charge in [-0.15, -0.1) is 0 Å².